The second-order valence-electron chi connectivity index (χ2n) is 3.64. The highest BCUT2D eigenvalue weighted by atomic mass is 16.6. The van der Waals surface area contributed by atoms with Gasteiger partial charge in [0, 0.05) is 18.1 Å². The minimum atomic E-state index is 0.534. The molecule has 0 spiro atoms. The molecule has 2 rings (SSSR count). The Labute approximate surface area is 94.6 Å². The van der Waals surface area contributed by atoms with E-state index in [2.05, 4.69) is 28.0 Å². The molecule has 2 N–H and O–H groups in total. The lowest BCUT2D eigenvalue weighted by molar-refractivity contribution is 0.141. The number of aromatic nitrogens is 2. The van der Waals surface area contributed by atoms with Crippen LogP contribution in [0.25, 0.3) is 5.69 Å². The van der Waals surface area contributed by atoms with Crippen LogP contribution in [0.2, 0.25) is 0 Å². The number of hydrogen-bond acceptors (Lipinski definition) is 3. The molecular weight excluding hydrogens is 202 g/mol. The lowest BCUT2D eigenvalue weighted by Gasteiger charge is -2.07. The van der Waals surface area contributed by atoms with Gasteiger partial charge < -0.3 is 9.40 Å². The number of rotatable bonds is 4. The van der Waals surface area contributed by atoms with Crippen molar-refractivity contribution in [3.05, 3.63) is 48.0 Å². The van der Waals surface area contributed by atoms with Crippen LogP contribution >= 0.6 is 0 Å². The largest absolute Gasteiger partial charge is 0.304 e. The van der Waals surface area contributed by atoms with E-state index < -0.39 is 0 Å². The Morgan fingerprint density at radius 3 is 3.00 bits per heavy atom. The smallest absolute Gasteiger partial charge is 0.110 e. The molecule has 0 unspecified atom stereocenters. The zero-order chi connectivity index (χ0) is 11.4. The predicted octanol–water partition coefficient (Wildman–Crippen LogP) is 1.61. The highest BCUT2D eigenvalue weighted by Crippen LogP contribution is 2.12. The van der Waals surface area contributed by atoms with Gasteiger partial charge in [-0.25, -0.2) is 10.9 Å². The normalized spacial score (nSPS) is 10.6. The number of aryl methyl sites for hydroxylation is 1. The fourth-order valence-corrected chi connectivity index (χ4v) is 1.69. The first-order valence-electron chi connectivity index (χ1n) is 5.22. The summed E-state index contributed by atoms with van der Waals surface area (Å²) in [6.07, 6.45) is 4.57. The summed E-state index contributed by atoms with van der Waals surface area (Å²) in [6.45, 7) is 2.52. The lowest BCUT2D eigenvalue weighted by atomic mass is 10.1. The third-order valence-electron chi connectivity index (χ3n) is 2.52. The maximum Gasteiger partial charge on any atom is 0.110 e. The summed E-state index contributed by atoms with van der Waals surface area (Å²) in [7, 11) is 0. The molecule has 0 atom stereocenters. The van der Waals surface area contributed by atoms with Crippen LogP contribution in [0.4, 0.5) is 0 Å². The summed E-state index contributed by atoms with van der Waals surface area (Å²) in [6, 6.07) is 8.27. The molecule has 0 aliphatic heterocycles. The third-order valence-corrected chi connectivity index (χ3v) is 2.52. The summed E-state index contributed by atoms with van der Waals surface area (Å²) in [5.41, 5.74) is 2.32. The topological polar surface area (TPSA) is 53.1 Å². The molecule has 4 nitrogen and oxygen atoms in total. The summed E-state index contributed by atoms with van der Waals surface area (Å²) < 4.78 is 2.05. The van der Waals surface area contributed by atoms with Crippen LogP contribution in [0, 0.1) is 6.92 Å². The Morgan fingerprint density at radius 2 is 2.31 bits per heavy atom. The molecular formula is C12H15N3O. The highest BCUT2D eigenvalue weighted by Gasteiger charge is 2.01. The van der Waals surface area contributed by atoms with Gasteiger partial charge in [0.25, 0.3) is 0 Å². The van der Waals surface area contributed by atoms with E-state index in [1.54, 1.807) is 6.20 Å². The molecule has 0 bridgehead atoms. The second-order valence-corrected chi connectivity index (χ2v) is 3.64. The van der Waals surface area contributed by atoms with E-state index >= 15 is 0 Å². The van der Waals surface area contributed by atoms with Gasteiger partial charge >= 0.3 is 0 Å². The van der Waals surface area contributed by atoms with E-state index in [4.69, 9.17) is 5.90 Å². The van der Waals surface area contributed by atoms with Crippen LogP contribution < -0.4 is 5.90 Å². The van der Waals surface area contributed by atoms with Gasteiger partial charge in [0.15, 0.2) is 0 Å². The van der Waals surface area contributed by atoms with Gasteiger partial charge in [0.2, 0.25) is 0 Å². The Morgan fingerprint density at radius 1 is 1.44 bits per heavy atom. The van der Waals surface area contributed by atoms with Crippen LogP contribution in [0.1, 0.15) is 11.4 Å². The van der Waals surface area contributed by atoms with Crippen molar-refractivity contribution < 1.29 is 4.84 Å². The lowest BCUT2D eigenvalue weighted by Crippen LogP contribution is -2.04. The van der Waals surface area contributed by atoms with Crippen molar-refractivity contribution >= 4 is 0 Å². The molecule has 1 aromatic heterocycles. The summed E-state index contributed by atoms with van der Waals surface area (Å²) in [4.78, 5) is 8.78. The molecule has 1 heterocycles. The monoisotopic (exact) mass is 217 g/mol. The van der Waals surface area contributed by atoms with Gasteiger partial charge in [-0.1, -0.05) is 12.1 Å². The highest BCUT2D eigenvalue weighted by molar-refractivity contribution is 5.37. The quantitative estimate of drug-likeness (QED) is 0.792. The Balaban J connectivity index is 2.26. The number of nitrogens with two attached hydrogens (primary N) is 1. The van der Waals surface area contributed by atoms with Crippen LogP contribution in [0.15, 0.2) is 36.7 Å². The summed E-state index contributed by atoms with van der Waals surface area (Å²) in [5, 5.41) is 0. The summed E-state index contributed by atoms with van der Waals surface area (Å²) >= 11 is 0. The molecule has 0 saturated heterocycles. The molecule has 0 amide bonds. The molecule has 4 heteroatoms. The maximum atomic E-state index is 5.02. The van der Waals surface area contributed by atoms with Crippen molar-refractivity contribution in [2.45, 2.75) is 13.3 Å². The van der Waals surface area contributed by atoms with Crippen molar-refractivity contribution in [1.29, 1.82) is 0 Å². The molecule has 0 saturated carbocycles. The molecule has 0 radical (unpaired) electrons. The Bertz CT molecular complexity index is 465. The SMILES string of the molecule is Cc1nccn1-c1cccc(CCON)c1. The van der Waals surface area contributed by atoms with Gasteiger partial charge in [-0.2, -0.15) is 0 Å². The number of nitrogens with zero attached hydrogens (tertiary/aromatic N) is 2. The predicted molar refractivity (Wildman–Crippen MR) is 62.1 cm³/mol. The van der Waals surface area contributed by atoms with E-state index in [0.29, 0.717) is 6.61 Å². The number of hydrogen-bond donors (Lipinski definition) is 1. The fraction of sp³-hybridized carbons (Fsp3) is 0.250. The average Bonchev–Trinajstić information content (AvgIpc) is 2.73. The number of benzene rings is 1. The van der Waals surface area contributed by atoms with Crippen LogP contribution in [-0.4, -0.2) is 16.2 Å². The molecule has 2 aromatic rings. The van der Waals surface area contributed by atoms with E-state index in [0.717, 1.165) is 17.9 Å². The summed E-state index contributed by atoms with van der Waals surface area (Å²) in [5.74, 6) is 6.00. The fourth-order valence-electron chi connectivity index (χ4n) is 1.69. The van der Waals surface area contributed by atoms with Crippen molar-refractivity contribution in [2.75, 3.05) is 6.61 Å². The van der Waals surface area contributed by atoms with Gasteiger partial charge in [-0.3, -0.25) is 0 Å². The second kappa shape index (κ2) is 4.92. The first-order chi connectivity index (χ1) is 7.81. The standard InChI is InChI=1S/C12H15N3O/c1-10-14-6-7-15(10)12-4-2-3-11(9-12)5-8-16-13/h2-4,6-7,9H,5,8,13H2,1H3. The zero-order valence-electron chi connectivity index (χ0n) is 9.26. The maximum absolute atomic E-state index is 5.02. The van der Waals surface area contributed by atoms with Gasteiger partial charge in [0.05, 0.1) is 6.61 Å². The van der Waals surface area contributed by atoms with E-state index in [1.165, 1.54) is 5.56 Å². The van der Waals surface area contributed by atoms with E-state index in [9.17, 15) is 0 Å². The number of imidazole rings is 1. The van der Waals surface area contributed by atoms with Crippen LogP contribution in [0.3, 0.4) is 0 Å². The van der Waals surface area contributed by atoms with Crippen LogP contribution in [-0.2, 0) is 11.3 Å². The first kappa shape index (κ1) is 10.9. The van der Waals surface area contributed by atoms with Gasteiger partial charge in [0.1, 0.15) is 5.82 Å². The molecule has 84 valence electrons. The van der Waals surface area contributed by atoms with E-state index in [-0.39, 0.29) is 0 Å². The third kappa shape index (κ3) is 2.29. The van der Waals surface area contributed by atoms with E-state index in [1.807, 2.05) is 23.8 Å². The average molecular weight is 217 g/mol. The Hall–Kier alpha value is -1.65. The molecule has 0 aliphatic carbocycles. The van der Waals surface area contributed by atoms with Crippen molar-refractivity contribution in [1.82, 2.24) is 9.55 Å². The first-order valence-corrected chi connectivity index (χ1v) is 5.22. The molecule has 1 aromatic carbocycles. The van der Waals surface area contributed by atoms with Gasteiger partial charge in [-0.05, 0) is 31.0 Å². The van der Waals surface area contributed by atoms with Crippen molar-refractivity contribution in [3.8, 4) is 5.69 Å². The van der Waals surface area contributed by atoms with Gasteiger partial charge in [-0.15, -0.1) is 0 Å². The molecule has 0 fully saturated rings. The Kier molecular flexibility index (Phi) is 3.34. The minimum absolute atomic E-state index is 0.534. The minimum Gasteiger partial charge on any atom is -0.304 e. The zero-order valence-corrected chi connectivity index (χ0v) is 9.26. The molecule has 16 heavy (non-hydrogen) atoms. The van der Waals surface area contributed by atoms with Crippen molar-refractivity contribution in [3.63, 3.8) is 0 Å². The van der Waals surface area contributed by atoms with Crippen LogP contribution in [0.5, 0.6) is 0 Å². The van der Waals surface area contributed by atoms with Crippen molar-refractivity contribution in [2.24, 2.45) is 5.90 Å². The molecule has 0 aliphatic rings.